The Kier molecular flexibility index (Phi) is 6.20. The maximum absolute atomic E-state index is 10.5. The number of aliphatic carboxylic acids is 1. The van der Waals surface area contributed by atoms with Crippen LogP contribution >= 0.6 is 7.75 Å². The molecule has 0 spiro atoms. The molecule has 1 atom stereocenters. The Hall–Kier alpha value is -1.11. The number of hydrogen-bond acceptors (Lipinski definition) is 2. The number of nitrogens with zero attached hydrogens (tertiary/aromatic N) is 2. The van der Waals surface area contributed by atoms with Gasteiger partial charge in [0.1, 0.15) is 6.04 Å². The molecule has 0 fully saturated rings. The standard InChI is InChI=1S/C5H12N3O5P.CH4/c1-3(4(9)10)8(2)5(6)7-14(11,12)13;/h3H,1-2H3,(H,9,10)(H4,6,7,11,12,13);1H4. The normalized spacial score (nSPS) is 14.0. The molecular formula is C6H16N3O5P. The molecule has 0 saturated carbocycles. The largest absolute Gasteiger partial charge is 0.480 e. The second kappa shape index (κ2) is 5.69. The summed E-state index contributed by atoms with van der Waals surface area (Å²) in [5.41, 5.74) is 5.16. The lowest BCUT2D eigenvalue weighted by atomic mass is 10.3. The van der Waals surface area contributed by atoms with Crippen LogP contribution in [0.1, 0.15) is 14.4 Å². The van der Waals surface area contributed by atoms with Gasteiger partial charge in [-0.3, -0.25) is 0 Å². The van der Waals surface area contributed by atoms with E-state index in [1.807, 2.05) is 0 Å². The van der Waals surface area contributed by atoms with Crippen molar-refractivity contribution in [1.29, 1.82) is 0 Å². The summed E-state index contributed by atoms with van der Waals surface area (Å²) in [6.07, 6.45) is 0. The summed E-state index contributed by atoms with van der Waals surface area (Å²) in [6.45, 7) is 1.31. The van der Waals surface area contributed by atoms with Gasteiger partial charge < -0.3 is 25.5 Å². The first kappa shape index (κ1) is 16.3. The summed E-state index contributed by atoms with van der Waals surface area (Å²) in [6, 6.07) is -1.01. The van der Waals surface area contributed by atoms with Crippen molar-refractivity contribution >= 4 is 19.7 Å². The molecule has 0 aromatic carbocycles. The fraction of sp³-hybridized carbons (Fsp3) is 0.667. The molecular weight excluding hydrogens is 225 g/mol. The van der Waals surface area contributed by atoms with E-state index in [9.17, 15) is 9.36 Å². The van der Waals surface area contributed by atoms with E-state index in [1.54, 1.807) is 0 Å². The Labute approximate surface area is 87.6 Å². The highest BCUT2D eigenvalue weighted by Crippen LogP contribution is 2.36. The van der Waals surface area contributed by atoms with E-state index in [1.165, 1.54) is 14.0 Å². The van der Waals surface area contributed by atoms with E-state index in [0.29, 0.717) is 0 Å². The second-order valence-corrected chi connectivity index (χ2v) is 3.82. The van der Waals surface area contributed by atoms with Gasteiger partial charge in [0.15, 0.2) is 0 Å². The molecule has 15 heavy (non-hydrogen) atoms. The number of likely N-dealkylation sites (N-methyl/N-ethyl adjacent to an activating group) is 1. The van der Waals surface area contributed by atoms with E-state index in [2.05, 4.69) is 4.76 Å². The third kappa shape index (κ3) is 6.05. The van der Waals surface area contributed by atoms with E-state index >= 15 is 0 Å². The van der Waals surface area contributed by atoms with Crippen LogP contribution in [-0.4, -0.2) is 44.8 Å². The van der Waals surface area contributed by atoms with Gasteiger partial charge in [0, 0.05) is 7.05 Å². The van der Waals surface area contributed by atoms with E-state index < -0.39 is 25.7 Å². The minimum absolute atomic E-state index is 0. The molecule has 0 saturated heterocycles. The number of guanidine groups is 1. The third-order valence-electron chi connectivity index (χ3n) is 1.53. The highest BCUT2D eigenvalue weighted by Gasteiger charge is 2.21. The zero-order chi connectivity index (χ0) is 11.5. The van der Waals surface area contributed by atoms with Crippen LogP contribution in [-0.2, 0) is 9.36 Å². The average Bonchev–Trinajstić information content (AvgIpc) is 1.98. The van der Waals surface area contributed by atoms with Gasteiger partial charge in [-0.05, 0) is 6.92 Å². The third-order valence-corrected chi connectivity index (χ3v) is 2.00. The molecule has 0 aromatic heterocycles. The number of carboxylic acid groups (broad SMARTS) is 1. The van der Waals surface area contributed by atoms with Gasteiger partial charge in [0.2, 0.25) is 5.96 Å². The van der Waals surface area contributed by atoms with Crippen LogP contribution in [0.2, 0.25) is 0 Å². The molecule has 1 unspecified atom stereocenters. The molecule has 5 N–H and O–H groups in total. The second-order valence-electron chi connectivity index (χ2n) is 2.60. The minimum Gasteiger partial charge on any atom is -0.480 e. The lowest BCUT2D eigenvalue weighted by Crippen LogP contribution is -2.44. The monoisotopic (exact) mass is 241 g/mol. The number of nitrogens with two attached hydrogens (primary N) is 1. The predicted octanol–water partition coefficient (Wildman–Crippen LogP) is -0.565. The molecule has 0 aromatic rings. The zero-order valence-electron chi connectivity index (χ0n) is 7.65. The minimum atomic E-state index is -4.62. The predicted molar refractivity (Wildman–Crippen MR) is 55.3 cm³/mol. The first-order chi connectivity index (χ1) is 6.15. The summed E-state index contributed by atoms with van der Waals surface area (Å²) in [4.78, 5) is 28.3. The van der Waals surface area contributed by atoms with E-state index in [0.717, 1.165) is 4.90 Å². The fourth-order valence-electron chi connectivity index (χ4n) is 0.568. The first-order valence-corrected chi connectivity index (χ1v) is 5.08. The van der Waals surface area contributed by atoms with Gasteiger partial charge in [0.05, 0.1) is 0 Å². The molecule has 9 heteroatoms. The molecule has 0 bridgehead atoms. The lowest BCUT2D eigenvalue weighted by molar-refractivity contribution is -0.140. The summed E-state index contributed by atoms with van der Waals surface area (Å²) in [7, 11) is -3.35. The topological polar surface area (TPSA) is 136 Å². The number of hydrogen-bond donors (Lipinski definition) is 4. The smallest absolute Gasteiger partial charge is 0.451 e. The van der Waals surface area contributed by atoms with Gasteiger partial charge in [-0.1, -0.05) is 7.43 Å². The van der Waals surface area contributed by atoms with Crippen molar-refractivity contribution in [2.45, 2.75) is 20.4 Å². The van der Waals surface area contributed by atoms with Gasteiger partial charge in [-0.25, -0.2) is 9.36 Å². The van der Waals surface area contributed by atoms with Crippen molar-refractivity contribution < 1.29 is 24.3 Å². The summed E-state index contributed by atoms with van der Waals surface area (Å²) in [5, 5.41) is 8.55. The maximum atomic E-state index is 10.5. The van der Waals surface area contributed by atoms with Gasteiger partial charge in [-0.15, -0.1) is 4.76 Å². The molecule has 0 rings (SSSR count). The van der Waals surface area contributed by atoms with Gasteiger partial charge in [0.25, 0.3) is 0 Å². The van der Waals surface area contributed by atoms with Crippen molar-refractivity contribution in [3.8, 4) is 0 Å². The van der Waals surface area contributed by atoms with E-state index in [-0.39, 0.29) is 7.43 Å². The molecule has 90 valence electrons. The van der Waals surface area contributed by atoms with Gasteiger partial charge in [-0.2, -0.15) is 0 Å². The van der Waals surface area contributed by atoms with Crippen LogP contribution in [0.3, 0.4) is 0 Å². The SMILES string of the molecule is C.CC(C(=O)O)N(C)C(N)=NP(=O)(O)O. The summed E-state index contributed by atoms with van der Waals surface area (Å²) < 4.78 is 13.2. The summed E-state index contributed by atoms with van der Waals surface area (Å²) in [5.74, 6) is -1.69. The number of carbonyl (C=O) groups is 1. The van der Waals surface area contributed by atoms with E-state index in [4.69, 9.17) is 20.6 Å². The van der Waals surface area contributed by atoms with Crippen molar-refractivity contribution in [2.75, 3.05) is 7.05 Å². The molecule has 0 aliphatic rings. The van der Waals surface area contributed by atoms with Crippen LogP contribution in [0.5, 0.6) is 0 Å². The Morgan fingerprint density at radius 3 is 2.20 bits per heavy atom. The molecule has 0 heterocycles. The summed E-state index contributed by atoms with van der Waals surface area (Å²) >= 11 is 0. The number of carboxylic acids is 1. The Balaban J connectivity index is 0. The van der Waals surface area contributed by atoms with Crippen LogP contribution in [0.4, 0.5) is 0 Å². The van der Waals surface area contributed by atoms with Crippen molar-refractivity contribution in [1.82, 2.24) is 4.90 Å². The van der Waals surface area contributed by atoms with Crippen molar-refractivity contribution in [2.24, 2.45) is 10.5 Å². The zero-order valence-corrected chi connectivity index (χ0v) is 8.55. The quantitative estimate of drug-likeness (QED) is 0.295. The Morgan fingerprint density at radius 2 is 1.93 bits per heavy atom. The van der Waals surface area contributed by atoms with Gasteiger partial charge >= 0.3 is 13.7 Å². The van der Waals surface area contributed by atoms with Crippen LogP contribution in [0.15, 0.2) is 4.76 Å². The first-order valence-electron chi connectivity index (χ1n) is 3.52. The maximum Gasteiger partial charge on any atom is 0.451 e. The highest BCUT2D eigenvalue weighted by atomic mass is 31.2. The molecule has 0 radical (unpaired) electrons. The Bertz CT molecular complexity index is 299. The van der Waals surface area contributed by atoms with Crippen molar-refractivity contribution in [3.05, 3.63) is 0 Å². The highest BCUT2D eigenvalue weighted by molar-refractivity contribution is 7.50. The fourth-order valence-corrected chi connectivity index (χ4v) is 0.976. The number of rotatable bonds is 3. The van der Waals surface area contributed by atoms with Crippen LogP contribution in [0, 0.1) is 0 Å². The van der Waals surface area contributed by atoms with Crippen molar-refractivity contribution in [3.63, 3.8) is 0 Å². The Morgan fingerprint density at radius 1 is 1.53 bits per heavy atom. The average molecular weight is 241 g/mol. The lowest BCUT2D eigenvalue weighted by Gasteiger charge is -2.21. The van der Waals surface area contributed by atoms with Crippen LogP contribution in [0.25, 0.3) is 0 Å². The molecule has 0 aliphatic carbocycles. The molecule has 0 aliphatic heterocycles. The van der Waals surface area contributed by atoms with Crippen LogP contribution < -0.4 is 5.73 Å². The molecule has 8 nitrogen and oxygen atoms in total. The molecule has 0 amide bonds.